The zero-order valence-electron chi connectivity index (χ0n) is 11.1. The number of rotatable bonds is 5. The minimum Gasteiger partial charge on any atom is -0.449 e. The molecule has 3 atom stereocenters. The third-order valence-electron chi connectivity index (χ3n) is 2.34. The van der Waals surface area contributed by atoms with Crippen molar-refractivity contribution in [3.05, 3.63) is 35.9 Å². The second kappa shape index (κ2) is 7.60. The monoisotopic (exact) mass is 298 g/mol. The summed E-state index contributed by atoms with van der Waals surface area (Å²) in [5, 5.41) is 0. The molecular formula is C13H15O6P. The highest BCUT2D eigenvalue weighted by Crippen LogP contribution is 2.20. The SMILES string of the molecule is CC(=O)O[C@H](C(=O)O[C@@H](C)C(=O)OP)c1ccccc1. The molecule has 0 bridgehead atoms. The Labute approximate surface area is 118 Å². The molecule has 0 saturated carbocycles. The normalized spacial score (nSPS) is 12.9. The lowest BCUT2D eigenvalue weighted by molar-refractivity contribution is -0.174. The van der Waals surface area contributed by atoms with E-state index in [4.69, 9.17) is 9.47 Å². The maximum atomic E-state index is 12.0. The van der Waals surface area contributed by atoms with Crippen LogP contribution in [-0.2, 0) is 28.4 Å². The number of hydrogen-bond donors (Lipinski definition) is 0. The van der Waals surface area contributed by atoms with E-state index in [-0.39, 0.29) is 0 Å². The molecule has 7 heteroatoms. The van der Waals surface area contributed by atoms with Crippen molar-refractivity contribution in [2.45, 2.75) is 26.1 Å². The van der Waals surface area contributed by atoms with Crippen LogP contribution in [0.5, 0.6) is 0 Å². The molecule has 108 valence electrons. The van der Waals surface area contributed by atoms with Crippen LogP contribution in [0.25, 0.3) is 0 Å². The van der Waals surface area contributed by atoms with E-state index in [1.165, 1.54) is 13.8 Å². The van der Waals surface area contributed by atoms with Gasteiger partial charge < -0.3 is 14.0 Å². The first-order valence-corrected chi connectivity index (χ1v) is 6.26. The lowest BCUT2D eigenvalue weighted by Gasteiger charge is -2.18. The van der Waals surface area contributed by atoms with Crippen molar-refractivity contribution in [1.82, 2.24) is 0 Å². The summed E-state index contributed by atoms with van der Waals surface area (Å²) in [6.45, 7) is 2.55. The van der Waals surface area contributed by atoms with E-state index in [2.05, 4.69) is 4.52 Å². The van der Waals surface area contributed by atoms with Crippen LogP contribution in [0.15, 0.2) is 30.3 Å². The molecule has 0 fully saturated rings. The first-order valence-electron chi connectivity index (χ1n) is 5.79. The first kappa shape index (κ1) is 16.1. The maximum absolute atomic E-state index is 12.0. The van der Waals surface area contributed by atoms with Gasteiger partial charge in [-0.1, -0.05) is 30.3 Å². The van der Waals surface area contributed by atoms with Crippen LogP contribution < -0.4 is 0 Å². The Morgan fingerprint density at radius 3 is 2.15 bits per heavy atom. The molecule has 20 heavy (non-hydrogen) atoms. The fourth-order valence-corrected chi connectivity index (χ4v) is 1.62. The summed E-state index contributed by atoms with van der Waals surface area (Å²) in [6.07, 6.45) is -2.31. The molecule has 0 aliphatic rings. The predicted molar refractivity (Wildman–Crippen MR) is 72.3 cm³/mol. The quantitative estimate of drug-likeness (QED) is 0.606. The number of carbonyl (C=O) groups excluding carboxylic acids is 3. The van der Waals surface area contributed by atoms with E-state index < -0.39 is 30.1 Å². The summed E-state index contributed by atoms with van der Waals surface area (Å²) in [4.78, 5) is 34.3. The van der Waals surface area contributed by atoms with Crippen LogP contribution in [0.2, 0.25) is 0 Å². The Kier molecular flexibility index (Phi) is 6.12. The van der Waals surface area contributed by atoms with Gasteiger partial charge in [-0.25, -0.2) is 9.59 Å². The summed E-state index contributed by atoms with van der Waals surface area (Å²) in [5.41, 5.74) is 0.458. The summed E-state index contributed by atoms with van der Waals surface area (Å²) < 4.78 is 14.2. The van der Waals surface area contributed by atoms with Gasteiger partial charge in [0.15, 0.2) is 6.10 Å². The molecule has 0 aliphatic carbocycles. The number of carbonyl (C=O) groups is 3. The lowest BCUT2D eigenvalue weighted by Crippen LogP contribution is -2.29. The summed E-state index contributed by atoms with van der Waals surface area (Å²) in [6, 6.07) is 8.38. The summed E-state index contributed by atoms with van der Waals surface area (Å²) in [7, 11) is 1.77. The molecule has 0 aliphatic heterocycles. The minimum atomic E-state index is -1.21. The van der Waals surface area contributed by atoms with Crippen LogP contribution in [0.3, 0.4) is 0 Å². The molecule has 0 spiro atoms. The Bertz CT molecular complexity index is 487. The second-order valence-corrected chi connectivity index (χ2v) is 4.15. The molecule has 0 amide bonds. The molecule has 0 saturated heterocycles. The molecule has 0 N–H and O–H groups in total. The largest absolute Gasteiger partial charge is 0.449 e. The average molecular weight is 298 g/mol. The Morgan fingerprint density at radius 2 is 1.65 bits per heavy atom. The van der Waals surface area contributed by atoms with Crippen LogP contribution in [-0.4, -0.2) is 24.0 Å². The van der Waals surface area contributed by atoms with Crippen LogP contribution >= 0.6 is 9.47 Å². The van der Waals surface area contributed by atoms with Crippen molar-refractivity contribution in [1.29, 1.82) is 0 Å². The molecule has 1 rings (SSSR count). The lowest BCUT2D eigenvalue weighted by atomic mass is 10.1. The minimum absolute atomic E-state index is 0.458. The Morgan fingerprint density at radius 1 is 1.05 bits per heavy atom. The van der Waals surface area contributed by atoms with Crippen LogP contribution in [0, 0.1) is 0 Å². The Hall–Kier alpha value is -1.94. The van der Waals surface area contributed by atoms with Crippen molar-refractivity contribution in [2.24, 2.45) is 0 Å². The van der Waals surface area contributed by atoms with Crippen LogP contribution in [0.1, 0.15) is 25.5 Å². The predicted octanol–water partition coefficient (Wildman–Crippen LogP) is 1.56. The third kappa shape index (κ3) is 4.63. The highest BCUT2D eigenvalue weighted by molar-refractivity contribution is 7.10. The van der Waals surface area contributed by atoms with Gasteiger partial charge in [-0.2, -0.15) is 0 Å². The van der Waals surface area contributed by atoms with Crippen molar-refractivity contribution in [3.8, 4) is 0 Å². The van der Waals surface area contributed by atoms with E-state index in [1.54, 1.807) is 39.8 Å². The highest BCUT2D eigenvalue weighted by Gasteiger charge is 2.29. The smallest absolute Gasteiger partial charge is 0.353 e. The number of benzene rings is 1. The van der Waals surface area contributed by atoms with E-state index in [0.29, 0.717) is 5.56 Å². The number of hydrogen-bond acceptors (Lipinski definition) is 6. The zero-order chi connectivity index (χ0) is 15.1. The van der Waals surface area contributed by atoms with Crippen molar-refractivity contribution < 1.29 is 28.4 Å². The van der Waals surface area contributed by atoms with Gasteiger partial charge in [-0.3, -0.25) is 4.79 Å². The van der Waals surface area contributed by atoms with Gasteiger partial charge in [0.05, 0.1) is 9.47 Å². The van der Waals surface area contributed by atoms with E-state index in [1.807, 2.05) is 0 Å². The molecule has 0 heterocycles. The van der Waals surface area contributed by atoms with Gasteiger partial charge in [0.25, 0.3) is 0 Å². The second-order valence-electron chi connectivity index (χ2n) is 3.92. The molecular weight excluding hydrogens is 283 g/mol. The third-order valence-corrected chi connectivity index (χ3v) is 2.57. The molecule has 0 radical (unpaired) electrons. The maximum Gasteiger partial charge on any atom is 0.353 e. The molecule has 1 aromatic rings. The van der Waals surface area contributed by atoms with Gasteiger partial charge in [-0.05, 0) is 6.92 Å². The van der Waals surface area contributed by atoms with Crippen LogP contribution in [0.4, 0.5) is 0 Å². The van der Waals surface area contributed by atoms with E-state index >= 15 is 0 Å². The number of esters is 2. The topological polar surface area (TPSA) is 78.9 Å². The van der Waals surface area contributed by atoms with Crippen molar-refractivity contribution in [3.63, 3.8) is 0 Å². The fourth-order valence-electron chi connectivity index (χ4n) is 1.43. The molecule has 1 unspecified atom stereocenters. The van der Waals surface area contributed by atoms with Gasteiger partial charge in [0.2, 0.25) is 6.10 Å². The van der Waals surface area contributed by atoms with Crippen molar-refractivity contribution >= 4 is 27.4 Å². The van der Waals surface area contributed by atoms with E-state index in [0.717, 1.165) is 0 Å². The standard InChI is InChI=1S/C13H15O6P/c1-8(12(15)19-20)17-13(16)11(18-9(2)14)10-6-4-3-5-7-10/h3-8,11H,20H2,1-2H3/t8-,11-/m0/s1. The average Bonchev–Trinajstić information content (AvgIpc) is 2.44. The van der Waals surface area contributed by atoms with Gasteiger partial charge in [0, 0.05) is 12.5 Å². The highest BCUT2D eigenvalue weighted by atomic mass is 31.0. The van der Waals surface area contributed by atoms with Crippen molar-refractivity contribution in [2.75, 3.05) is 0 Å². The number of ether oxygens (including phenoxy) is 2. The van der Waals surface area contributed by atoms with Gasteiger partial charge in [-0.15, -0.1) is 0 Å². The summed E-state index contributed by atoms with van der Waals surface area (Å²) >= 11 is 0. The van der Waals surface area contributed by atoms with E-state index in [9.17, 15) is 14.4 Å². The fraction of sp³-hybridized carbons (Fsp3) is 0.308. The van der Waals surface area contributed by atoms with Gasteiger partial charge >= 0.3 is 17.9 Å². The first-order chi connectivity index (χ1) is 9.45. The van der Waals surface area contributed by atoms with Gasteiger partial charge in [0.1, 0.15) is 0 Å². The molecule has 1 aromatic carbocycles. The zero-order valence-corrected chi connectivity index (χ0v) is 12.2. The Balaban J connectivity index is 2.86. The molecule has 0 aromatic heterocycles. The summed E-state index contributed by atoms with van der Waals surface area (Å²) in [5.74, 6) is -2.19. The molecule has 6 nitrogen and oxygen atoms in total.